The van der Waals surface area contributed by atoms with E-state index >= 15 is 0 Å². The Morgan fingerprint density at radius 2 is 2.28 bits per heavy atom. The van der Waals surface area contributed by atoms with Crippen LogP contribution in [0.4, 0.5) is 4.39 Å². The maximum atomic E-state index is 13.3. The standard InChI is InChI=1S/C14H18FN3/c1-9-5-6-16-12(7-9)14-17-11-4-3-10(15)8-13(11)18(14)2/h3-4,8-9,12,16H,5-7H2,1-2H3. The summed E-state index contributed by atoms with van der Waals surface area (Å²) in [4.78, 5) is 4.65. The summed E-state index contributed by atoms with van der Waals surface area (Å²) in [5, 5.41) is 3.51. The van der Waals surface area contributed by atoms with Gasteiger partial charge in [-0.1, -0.05) is 6.92 Å². The topological polar surface area (TPSA) is 29.9 Å². The summed E-state index contributed by atoms with van der Waals surface area (Å²) in [7, 11) is 1.96. The number of aromatic nitrogens is 2. The quantitative estimate of drug-likeness (QED) is 0.839. The molecule has 0 saturated carbocycles. The van der Waals surface area contributed by atoms with Crippen LogP contribution in [0.2, 0.25) is 0 Å². The zero-order valence-corrected chi connectivity index (χ0v) is 10.8. The van der Waals surface area contributed by atoms with Gasteiger partial charge in [-0.05, 0) is 43.5 Å². The Kier molecular flexibility index (Phi) is 2.82. The first kappa shape index (κ1) is 11.7. The van der Waals surface area contributed by atoms with Crippen molar-refractivity contribution in [3.05, 3.63) is 29.8 Å². The second-order valence-electron chi connectivity index (χ2n) is 5.30. The Morgan fingerprint density at radius 1 is 1.44 bits per heavy atom. The lowest BCUT2D eigenvalue weighted by Gasteiger charge is -2.27. The number of halogens is 1. The molecule has 2 atom stereocenters. The molecular weight excluding hydrogens is 229 g/mol. The van der Waals surface area contributed by atoms with Gasteiger partial charge in [0.05, 0.1) is 17.1 Å². The molecule has 1 N–H and O–H groups in total. The van der Waals surface area contributed by atoms with Gasteiger partial charge >= 0.3 is 0 Å². The molecule has 0 spiro atoms. The van der Waals surface area contributed by atoms with Crippen LogP contribution in [0.1, 0.15) is 31.6 Å². The predicted molar refractivity (Wildman–Crippen MR) is 69.8 cm³/mol. The fourth-order valence-corrected chi connectivity index (χ4v) is 2.80. The number of nitrogens with zero attached hydrogens (tertiary/aromatic N) is 2. The number of piperidine rings is 1. The van der Waals surface area contributed by atoms with E-state index in [1.165, 1.54) is 12.5 Å². The molecular formula is C14H18FN3. The Labute approximate surface area is 106 Å². The second-order valence-corrected chi connectivity index (χ2v) is 5.30. The molecule has 1 aromatic carbocycles. The highest BCUT2D eigenvalue weighted by atomic mass is 19.1. The zero-order valence-electron chi connectivity index (χ0n) is 10.8. The summed E-state index contributed by atoms with van der Waals surface area (Å²) in [6, 6.07) is 5.06. The molecule has 1 aliphatic rings. The smallest absolute Gasteiger partial charge is 0.126 e. The number of nitrogens with one attached hydrogen (secondary N) is 1. The van der Waals surface area contributed by atoms with Crippen LogP contribution in [-0.4, -0.2) is 16.1 Å². The number of imidazole rings is 1. The van der Waals surface area contributed by atoms with Crippen molar-refractivity contribution in [2.24, 2.45) is 13.0 Å². The van der Waals surface area contributed by atoms with Crippen LogP contribution >= 0.6 is 0 Å². The molecule has 2 aromatic rings. The SMILES string of the molecule is CC1CCNC(c2nc3ccc(F)cc3n2C)C1. The monoisotopic (exact) mass is 247 g/mol. The number of hydrogen-bond donors (Lipinski definition) is 1. The lowest BCUT2D eigenvalue weighted by atomic mass is 9.94. The minimum absolute atomic E-state index is 0.206. The van der Waals surface area contributed by atoms with Crippen molar-refractivity contribution in [2.45, 2.75) is 25.8 Å². The summed E-state index contributed by atoms with van der Waals surface area (Å²) in [6.45, 7) is 3.31. The second kappa shape index (κ2) is 4.35. The van der Waals surface area contributed by atoms with Crippen LogP contribution in [0.25, 0.3) is 11.0 Å². The number of rotatable bonds is 1. The molecule has 2 unspecified atom stereocenters. The number of hydrogen-bond acceptors (Lipinski definition) is 2. The first-order valence-electron chi connectivity index (χ1n) is 6.50. The first-order chi connectivity index (χ1) is 8.65. The van der Waals surface area contributed by atoms with Gasteiger partial charge in [0, 0.05) is 7.05 Å². The van der Waals surface area contributed by atoms with Crippen LogP contribution in [-0.2, 0) is 7.05 Å². The van der Waals surface area contributed by atoms with Gasteiger partial charge in [0.2, 0.25) is 0 Å². The van der Waals surface area contributed by atoms with Crippen molar-refractivity contribution < 1.29 is 4.39 Å². The fraction of sp³-hybridized carbons (Fsp3) is 0.500. The predicted octanol–water partition coefficient (Wildman–Crippen LogP) is 2.77. The molecule has 0 aliphatic carbocycles. The lowest BCUT2D eigenvalue weighted by molar-refractivity contribution is 0.312. The van der Waals surface area contributed by atoms with Gasteiger partial charge in [-0.25, -0.2) is 9.37 Å². The summed E-state index contributed by atoms with van der Waals surface area (Å²) in [5.41, 5.74) is 1.74. The molecule has 1 fully saturated rings. The average Bonchev–Trinajstić information content (AvgIpc) is 2.67. The molecule has 96 valence electrons. The van der Waals surface area contributed by atoms with Crippen LogP contribution in [0.5, 0.6) is 0 Å². The van der Waals surface area contributed by atoms with E-state index in [9.17, 15) is 4.39 Å². The summed E-state index contributed by atoms with van der Waals surface area (Å²) in [6.07, 6.45) is 2.31. The zero-order chi connectivity index (χ0) is 12.7. The molecule has 18 heavy (non-hydrogen) atoms. The highest BCUT2D eigenvalue weighted by Crippen LogP contribution is 2.28. The van der Waals surface area contributed by atoms with Crippen LogP contribution in [0.3, 0.4) is 0 Å². The van der Waals surface area contributed by atoms with E-state index in [4.69, 9.17) is 0 Å². The lowest BCUT2D eigenvalue weighted by Crippen LogP contribution is -2.32. The van der Waals surface area contributed by atoms with E-state index in [2.05, 4.69) is 17.2 Å². The van der Waals surface area contributed by atoms with Crippen molar-refractivity contribution >= 4 is 11.0 Å². The van der Waals surface area contributed by atoms with Gasteiger partial charge in [0.1, 0.15) is 11.6 Å². The highest BCUT2D eigenvalue weighted by Gasteiger charge is 2.24. The van der Waals surface area contributed by atoms with E-state index < -0.39 is 0 Å². The van der Waals surface area contributed by atoms with Crippen LogP contribution in [0.15, 0.2) is 18.2 Å². The van der Waals surface area contributed by atoms with Crippen molar-refractivity contribution in [3.8, 4) is 0 Å². The molecule has 1 aliphatic heterocycles. The fourth-order valence-electron chi connectivity index (χ4n) is 2.80. The maximum absolute atomic E-state index is 13.3. The molecule has 4 heteroatoms. The third-order valence-electron chi connectivity index (χ3n) is 3.86. The van der Waals surface area contributed by atoms with Crippen molar-refractivity contribution in [1.82, 2.24) is 14.9 Å². The van der Waals surface area contributed by atoms with Crippen LogP contribution < -0.4 is 5.32 Å². The molecule has 3 rings (SSSR count). The van der Waals surface area contributed by atoms with Gasteiger partial charge < -0.3 is 9.88 Å². The van der Waals surface area contributed by atoms with E-state index in [-0.39, 0.29) is 11.9 Å². The normalized spacial score (nSPS) is 24.6. The van der Waals surface area contributed by atoms with E-state index in [1.54, 1.807) is 12.1 Å². The van der Waals surface area contributed by atoms with Crippen molar-refractivity contribution in [3.63, 3.8) is 0 Å². The van der Waals surface area contributed by atoms with Crippen molar-refractivity contribution in [1.29, 1.82) is 0 Å². The Morgan fingerprint density at radius 3 is 3.06 bits per heavy atom. The van der Waals surface area contributed by atoms with Gasteiger partial charge in [0.15, 0.2) is 0 Å². The maximum Gasteiger partial charge on any atom is 0.126 e. The number of aryl methyl sites for hydroxylation is 1. The third-order valence-corrected chi connectivity index (χ3v) is 3.86. The Hall–Kier alpha value is -1.42. The molecule has 1 aromatic heterocycles. The molecule has 0 bridgehead atoms. The molecule has 0 radical (unpaired) electrons. The summed E-state index contributed by atoms with van der Waals surface area (Å²) < 4.78 is 15.3. The minimum Gasteiger partial charge on any atom is -0.330 e. The number of benzene rings is 1. The Bertz CT molecular complexity index is 576. The largest absolute Gasteiger partial charge is 0.330 e. The van der Waals surface area contributed by atoms with E-state index in [0.717, 1.165) is 29.8 Å². The van der Waals surface area contributed by atoms with Gasteiger partial charge in [0.25, 0.3) is 0 Å². The summed E-state index contributed by atoms with van der Waals surface area (Å²) in [5.74, 6) is 1.52. The molecule has 0 amide bonds. The number of fused-ring (bicyclic) bond motifs is 1. The minimum atomic E-state index is -0.206. The molecule has 1 saturated heterocycles. The molecule has 3 nitrogen and oxygen atoms in total. The van der Waals surface area contributed by atoms with Crippen molar-refractivity contribution in [2.75, 3.05) is 6.54 Å². The van der Waals surface area contributed by atoms with E-state index in [0.29, 0.717) is 5.92 Å². The molecule has 2 heterocycles. The third kappa shape index (κ3) is 1.90. The highest BCUT2D eigenvalue weighted by molar-refractivity contribution is 5.76. The first-order valence-corrected chi connectivity index (χ1v) is 6.50. The van der Waals surface area contributed by atoms with Gasteiger partial charge in [-0.2, -0.15) is 0 Å². The summed E-state index contributed by atoms with van der Waals surface area (Å²) >= 11 is 0. The van der Waals surface area contributed by atoms with Crippen LogP contribution in [0, 0.1) is 11.7 Å². The Balaban J connectivity index is 2.04. The van der Waals surface area contributed by atoms with Gasteiger partial charge in [-0.15, -0.1) is 0 Å². The average molecular weight is 247 g/mol. The van der Waals surface area contributed by atoms with Gasteiger partial charge in [-0.3, -0.25) is 0 Å². The van der Waals surface area contributed by atoms with E-state index in [1.807, 2.05) is 11.6 Å².